The Bertz CT molecular complexity index is 660. The van der Waals surface area contributed by atoms with E-state index in [0.717, 1.165) is 36.8 Å². The van der Waals surface area contributed by atoms with Crippen LogP contribution in [0.2, 0.25) is 0 Å². The van der Waals surface area contributed by atoms with E-state index >= 15 is 0 Å². The Hall–Kier alpha value is -1.00. The van der Waals surface area contributed by atoms with Gasteiger partial charge in [-0.3, -0.25) is 9.80 Å². The van der Waals surface area contributed by atoms with Gasteiger partial charge in [-0.1, -0.05) is 92.2 Å². The summed E-state index contributed by atoms with van der Waals surface area (Å²) in [6, 6.07) is 1.000. The lowest BCUT2D eigenvalue weighted by atomic mass is 9.90. The molecule has 4 nitrogen and oxygen atoms in total. The van der Waals surface area contributed by atoms with Crippen molar-refractivity contribution >= 4 is 0 Å². The van der Waals surface area contributed by atoms with Crippen LogP contribution in [-0.4, -0.2) is 61.2 Å². The topological polar surface area (TPSA) is 30.5 Å². The van der Waals surface area contributed by atoms with Crippen molar-refractivity contribution in [2.75, 3.05) is 39.3 Å². The van der Waals surface area contributed by atoms with Crippen LogP contribution in [0, 0.1) is 23.7 Å². The molecular formula is C37H74N4. The van der Waals surface area contributed by atoms with Gasteiger partial charge in [0.1, 0.15) is 0 Å². The summed E-state index contributed by atoms with van der Waals surface area (Å²) in [5, 5.41) is 6.86. The maximum Gasteiger partial charge on any atom is 0.0375 e. The van der Waals surface area contributed by atoms with E-state index in [9.17, 15) is 0 Å². The fourth-order valence-corrected chi connectivity index (χ4v) is 6.56. The van der Waals surface area contributed by atoms with Crippen LogP contribution in [0.25, 0.3) is 0 Å². The first-order valence-electron chi connectivity index (χ1n) is 17.8. The van der Waals surface area contributed by atoms with Crippen LogP contribution >= 0.6 is 0 Å². The molecule has 0 aromatic heterocycles. The van der Waals surface area contributed by atoms with Crippen LogP contribution in [0.3, 0.4) is 0 Å². The number of piperidine rings is 2. The van der Waals surface area contributed by atoms with E-state index in [1.165, 1.54) is 121 Å². The molecule has 4 heteroatoms. The van der Waals surface area contributed by atoms with E-state index in [2.05, 4.69) is 89.0 Å². The first-order chi connectivity index (χ1) is 19.4. The number of unbranched alkanes of at least 4 members (excludes halogenated alkanes) is 3. The van der Waals surface area contributed by atoms with E-state index in [1.807, 2.05) is 0 Å². The van der Waals surface area contributed by atoms with Crippen LogP contribution < -0.4 is 10.6 Å². The molecule has 0 spiro atoms. The molecule has 0 saturated carbocycles. The summed E-state index contributed by atoms with van der Waals surface area (Å²) in [6.07, 6.45) is 18.4. The molecule has 0 amide bonds. The van der Waals surface area contributed by atoms with Crippen LogP contribution in [0.15, 0.2) is 24.6 Å². The lowest BCUT2D eigenvalue weighted by Crippen LogP contribution is -2.39. The van der Waals surface area contributed by atoms with E-state index in [-0.39, 0.29) is 0 Å². The molecule has 2 aliphatic rings. The minimum Gasteiger partial charge on any atom is -0.386 e. The van der Waals surface area contributed by atoms with Gasteiger partial charge in [0, 0.05) is 43.1 Å². The predicted molar refractivity (Wildman–Crippen MR) is 184 cm³/mol. The van der Waals surface area contributed by atoms with Gasteiger partial charge in [-0.2, -0.15) is 0 Å². The first-order valence-corrected chi connectivity index (χ1v) is 17.8. The Morgan fingerprint density at radius 3 is 1.63 bits per heavy atom. The first kappa shape index (κ1) is 38.0. The third kappa shape index (κ3) is 21.4. The molecule has 41 heavy (non-hydrogen) atoms. The molecular weight excluding hydrogens is 500 g/mol. The van der Waals surface area contributed by atoms with Crippen molar-refractivity contribution in [1.29, 1.82) is 0 Å². The Morgan fingerprint density at radius 1 is 0.610 bits per heavy atom. The molecule has 0 aromatic carbocycles. The van der Waals surface area contributed by atoms with Crippen LogP contribution in [0.1, 0.15) is 139 Å². The molecule has 2 N–H and O–H groups in total. The van der Waals surface area contributed by atoms with Crippen molar-refractivity contribution < 1.29 is 0 Å². The highest BCUT2D eigenvalue weighted by molar-refractivity contribution is 4.97. The van der Waals surface area contributed by atoms with E-state index in [4.69, 9.17) is 0 Å². The summed E-state index contributed by atoms with van der Waals surface area (Å²) >= 11 is 0. The number of nitrogens with one attached hydrogen (secondary N) is 2. The van der Waals surface area contributed by atoms with Gasteiger partial charge in [0.05, 0.1) is 0 Å². The molecule has 1 atom stereocenters. The predicted octanol–water partition coefficient (Wildman–Crippen LogP) is 9.24. The van der Waals surface area contributed by atoms with Gasteiger partial charge in [-0.05, 0) is 103 Å². The molecule has 2 heterocycles. The van der Waals surface area contributed by atoms with Gasteiger partial charge >= 0.3 is 0 Å². The second kappa shape index (κ2) is 22.5. The van der Waals surface area contributed by atoms with Crippen LogP contribution in [0.5, 0.6) is 0 Å². The fraction of sp³-hybridized carbons (Fsp3) is 0.892. The molecule has 2 saturated heterocycles. The normalized spacial score (nSPS) is 19.1. The van der Waals surface area contributed by atoms with Crippen LogP contribution in [-0.2, 0) is 0 Å². The lowest BCUT2D eigenvalue weighted by Gasteiger charge is -2.33. The highest BCUT2D eigenvalue weighted by atomic mass is 15.2. The largest absolute Gasteiger partial charge is 0.386 e. The quantitative estimate of drug-likeness (QED) is 0.151. The van der Waals surface area contributed by atoms with Crippen molar-refractivity contribution in [3.05, 3.63) is 24.6 Å². The SMILES string of the molecule is C=C(CN1CCC(CCCCCC(C)C)CC1)NC(C)C.C=C(CN1CCCC(CCCCC(C)C)C1)NC(C)C. The highest BCUT2D eigenvalue weighted by Gasteiger charge is 2.20. The Labute approximate surface area is 258 Å². The smallest absolute Gasteiger partial charge is 0.0375 e. The fourth-order valence-electron chi connectivity index (χ4n) is 6.56. The average Bonchev–Trinajstić information content (AvgIpc) is 2.87. The average molecular weight is 575 g/mol. The lowest BCUT2D eigenvalue weighted by molar-refractivity contribution is 0.175. The van der Waals surface area contributed by atoms with E-state index < -0.39 is 0 Å². The van der Waals surface area contributed by atoms with Gasteiger partial charge in [0.25, 0.3) is 0 Å². The molecule has 2 rings (SSSR count). The summed E-state index contributed by atoms with van der Waals surface area (Å²) in [7, 11) is 0. The van der Waals surface area contributed by atoms with Gasteiger partial charge in [-0.25, -0.2) is 0 Å². The van der Waals surface area contributed by atoms with Crippen molar-refractivity contribution in [3.63, 3.8) is 0 Å². The summed E-state index contributed by atoms with van der Waals surface area (Å²) in [5.41, 5.74) is 2.36. The van der Waals surface area contributed by atoms with E-state index in [0.29, 0.717) is 12.1 Å². The Balaban J connectivity index is 0.000000410. The Kier molecular flexibility index (Phi) is 20.9. The van der Waals surface area contributed by atoms with Crippen molar-refractivity contribution in [1.82, 2.24) is 20.4 Å². The van der Waals surface area contributed by atoms with Gasteiger partial charge in [-0.15, -0.1) is 0 Å². The standard InChI is InChI=1S/C19H38N2.C18H36N2/c1-16(2)9-7-6-8-10-19-11-13-21(14-12-19)15-18(5)20-17(3)4;1-15(2)9-6-7-10-18-11-8-12-20(14-18)13-17(5)19-16(3)4/h16-17,19-20H,5-15H2,1-4H3;15-16,18-19H,5-14H2,1-4H3. The molecule has 0 bridgehead atoms. The Morgan fingerprint density at radius 2 is 1.10 bits per heavy atom. The van der Waals surface area contributed by atoms with Gasteiger partial charge in [0.2, 0.25) is 0 Å². The second-order valence-electron chi connectivity index (χ2n) is 15.0. The summed E-state index contributed by atoms with van der Waals surface area (Å²) in [4.78, 5) is 5.15. The maximum absolute atomic E-state index is 4.16. The number of hydrogen-bond acceptors (Lipinski definition) is 4. The van der Waals surface area contributed by atoms with Crippen LogP contribution in [0.4, 0.5) is 0 Å². The summed E-state index contributed by atoms with van der Waals surface area (Å²) in [6.45, 7) is 33.4. The third-order valence-corrected chi connectivity index (χ3v) is 8.66. The number of hydrogen-bond donors (Lipinski definition) is 2. The minimum absolute atomic E-state index is 0.499. The molecule has 2 aliphatic heterocycles. The minimum atomic E-state index is 0.499. The number of likely N-dealkylation sites (tertiary alicyclic amines) is 2. The molecule has 242 valence electrons. The highest BCUT2D eigenvalue weighted by Crippen LogP contribution is 2.24. The zero-order valence-corrected chi connectivity index (χ0v) is 29.2. The molecule has 2 fully saturated rings. The third-order valence-electron chi connectivity index (χ3n) is 8.66. The van der Waals surface area contributed by atoms with Crippen molar-refractivity contribution in [2.24, 2.45) is 23.7 Å². The summed E-state index contributed by atoms with van der Waals surface area (Å²) < 4.78 is 0. The second-order valence-corrected chi connectivity index (χ2v) is 15.0. The molecule has 0 radical (unpaired) electrons. The van der Waals surface area contributed by atoms with Crippen molar-refractivity contribution in [3.8, 4) is 0 Å². The maximum atomic E-state index is 4.16. The number of rotatable bonds is 19. The monoisotopic (exact) mass is 575 g/mol. The molecule has 1 unspecified atom stereocenters. The summed E-state index contributed by atoms with van der Waals surface area (Å²) in [5.74, 6) is 3.64. The van der Waals surface area contributed by atoms with Crippen molar-refractivity contribution in [2.45, 2.75) is 151 Å². The van der Waals surface area contributed by atoms with Gasteiger partial charge < -0.3 is 10.6 Å². The zero-order valence-electron chi connectivity index (χ0n) is 29.2. The number of nitrogens with zero attached hydrogens (tertiary/aromatic N) is 2. The van der Waals surface area contributed by atoms with E-state index in [1.54, 1.807) is 0 Å². The van der Waals surface area contributed by atoms with Gasteiger partial charge in [0.15, 0.2) is 0 Å². The molecule has 0 aromatic rings. The molecule has 0 aliphatic carbocycles. The zero-order chi connectivity index (χ0) is 30.6.